The van der Waals surface area contributed by atoms with E-state index in [0.29, 0.717) is 0 Å². The maximum absolute atomic E-state index is 11.7. The smallest absolute Gasteiger partial charge is 0.164 e. The molecule has 0 aliphatic carbocycles. The molecule has 2 aliphatic rings. The lowest BCUT2D eigenvalue weighted by atomic mass is 10.2. The van der Waals surface area contributed by atoms with Gasteiger partial charge in [0, 0.05) is 17.5 Å². The Balaban J connectivity index is 1.85. The van der Waals surface area contributed by atoms with Gasteiger partial charge in [0.05, 0.1) is 17.5 Å². The molecule has 6 heteroatoms. The van der Waals surface area contributed by atoms with Crippen molar-refractivity contribution in [3.63, 3.8) is 0 Å². The molecule has 1 fully saturated rings. The maximum Gasteiger partial charge on any atom is 0.164 e. The van der Waals surface area contributed by atoms with Gasteiger partial charge in [-0.25, -0.2) is 8.42 Å². The first-order chi connectivity index (χ1) is 10.5. The molecule has 22 heavy (non-hydrogen) atoms. The summed E-state index contributed by atoms with van der Waals surface area (Å²) >= 11 is 1.64. The van der Waals surface area contributed by atoms with Gasteiger partial charge in [0.25, 0.3) is 0 Å². The molecule has 0 radical (unpaired) electrons. The molecule has 1 aromatic rings. The fourth-order valence-corrected chi connectivity index (χ4v) is 6.73. The van der Waals surface area contributed by atoms with Gasteiger partial charge < -0.3 is 4.90 Å². The number of hydrogen-bond acceptors (Lipinski definition) is 5. The molecule has 0 spiro atoms. The van der Waals surface area contributed by atoms with E-state index in [0.717, 1.165) is 30.2 Å². The van der Waals surface area contributed by atoms with Gasteiger partial charge in [-0.05, 0) is 31.0 Å². The molecule has 0 N–H and O–H groups in total. The summed E-state index contributed by atoms with van der Waals surface area (Å²) in [5.41, 5.74) is 2.38. The summed E-state index contributed by atoms with van der Waals surface area (Å²) in [5.74, 6) is 0.481. The number of thioether (sulfide) groups is 1. The second kappa shape index (κ2) is 6.24. The van der Waals surface area contributed by atoms with Crippen LogP contribution in [0.4, 0.5) is 5.69 Å². The highest BCUT2D eigenvalue weighted by Gasteiger charge is 2.43. The number of anilines is 1. The summed E-state index contributed by atoms with van der Waals surface area (Å²) in [6, 6.07) is 8.38. The first-order valence-electron chi connectivity index (χ1n) is 7.77. The van der Waals surface area contributed by atoms with Crippen molar-refractivity contribution in [2.45, 2.75) is 38.0 Å². The van der Waals surface area contributed by atoms with Crippen LogP contribution in [0.3, 0.4) is 0 Å². The molecule has 0 saturated carbocycles. The number of amidine groups is 1. The predicted molar refractivity (Wildman–Crippen MR) is 94.7 cm³/mol. The molecule has 3 rings (SSSR count). The molecule has 2 atom stereocenters. The number of unbranched alkanes of at least 4 members (excludes halogenated alkanes) is 1. The van der Waals surface area contributed by atoms with Crippen molar-refractivity contribution in [1.82, 2.24) is 0 Å². The monoisotopic (exact) mass is 338 g/mol. The zero-order valence-corrected chi connectivity index (χ0v) is 14.7. The Hall–Kier alpha value is -1.01. The minimum Gasteiger partial charge on any atom is -0.321 e. The van der Waals surface area contributed by atoms with E-state index in [9.17, 15) is 8.42 Å². The van der Waals surface area contributed by atoms with Crippen LogP contribution < -0.4 is 4.90 Å². The van der Waals surface area contributed by atoms with Crippen LogP contribution in [-0.2, 0) is 9.84 Å². The molecule has 4 nitrogen and oxygen atoms in total. The topological polar surface area (TPSA) is 49.7 Å². The number of nitrogens with zero attached hydrogens (tertiary/aromatic N) is 2. The molecular weight excluding hydrogens is 316 g/mol. The summed E-state index contributed by atoms with van der Waals surface area (Å²) < 4.78 is 23.4. The van der Waals surface area contributed by atoms with Gasteiger partial charge in [-0.1, -0.05) is 37.2 Å². The average molecular weight is 338 g/mol. The van der Waals surface area contributed by atoms with E-state index in [1.807, 2.05) is 0 Å². The SMILES string of the molecule is CCCCN(C1=NC2CS(=O)(=O)CC2S1)c1cccc(C)c1. The number of benzene rings is 1. The Kier molecular flexibility index (Phi) is 4.50. The van der Waals surface area contributed by atoms with Crippen LogP contribution in [0.1, 0.15) is 25.3 Å². The van der Waals surface area contributed by atoms with E-state index in [4.69, 9.17) is 4.99 Å². The minimum atomic E-state index is -2.89. The van der Waals surface area contributed by atoms with E-state index in [1.54, 1.807) is 11.8 Å². The van der Waals surface area contributed by atoms with Crippen LogP contribution in [0.15, 0.2) is 29.3 Å². The summed E-state index contributed by atoms with van der Waals surface area (Å²) in [6.45, 7) is 5.20. The third-order valence-electron chi connectivity index (χ3n) is 4.08. The van der Waals surface area contributed by atoms with Crippen LogP contribution in [-0.4, -0.2) is 42.9 Å². The maximum atomic E-state index is 11.7. The standard InChI is InChI=1S/C16H22N2O2S2/c1-3-4-8-18(13-7-5-6-12(2)9-13)16-17-14-10-22(19,20)11-15(14)21-16/h5-7,9,14-15H,3-4,8,10-11H2,1-2H3. The highest BCUT2D eigenvalue weighted by molar-refractivity contribution is 8.15. The van der Waals surface area contributed by atoms with Crippen LogP contribution >= 0.6 is 11.8 Å². The van der Waals surface area contributed by atoms with Gasteiger partial charge in [0.1, 0.15) is 0 Å². The van der Waals surface area contributed by atoms with E-state index in [1.165, 1.54) is 5.56 Å². The van der Waals surface area contributed by atoms with E-state index in [2.05, 4.69) is 43.0 Å². The Morgan fingerprint density at radius 1 is 1.36 bits per heavy atom. The molecule has 2 unspecified atom stereocenters. The van der Waals surface area contributed by atoms with E-state index >= 15 is 0 Å². The second-order valence-corrected chi connectivity index (χ2v) is 9.42. The third kappa shape index (κ3) is 3.33. The lowest BCUT2D eigenvalue weighted by Gasteiger charge is -2.24. The van der Waals surface area contributed by atoms with Gasteiger partial charge in [-0.2, -0.15) is 0 Å². The Bertz CT molecular complexity index is 685. The number of fused-ring (bicyclic) bond motifs is 1. The first-order valence-corrected chi connectivity index (χ1v) is 10.5. The van der Waals surface area contributed by atoms with Crippen LogP contribution in [0.25, 0.3) is 0 Å². The summed E-state index contributed by atoms with van der Waals surface area (Å²) in [7, 11) is -2.89. The van der Waals surface area contributed by atoms with Crippen molar-refractivity contribution < 1.29 is 8.42 Å². The van der Waals surface area contributed by atoms with Crippen molar-refractivity contribution in [2.75, 3.05) is 23.0 Å². The van der Waals surface area contributed by atoms with Crippen molar-refractivity contribution in [1.29, 1.82) is 0 Å². The molecule has 0 amide bonds. The molecule has 120 valence electrons. The Labute approximate surface area is 136 Å². The zero-order chi connectivity index (χ0) is 15.7. The number of hydrogen-bond donors (Lipinski definition) is 0. The molecule has 0 aromatic heterocycles. The van der Waals surface area contributed by atoms with Gasteiger partial charge in [-0.3, -0.25) is 4.99 Å². The number of aryl methyl sites for hydroxylation is 1. The molecular formula is C16H22N2O2S2. The zero-order valence-electron chi connectivity index (χ0n) is 13.0. The third-order valence-corrected chi connectivity index (χ3v) is 7.33. The van der Waals surface area contributed by atoms with E-state index < -0.39 is 9.84 Å². The number of aliphatic imine (C=N–C) groups is 1. The molecule has 0 bridgehead atoms. The number of rotatable bonds is 4. The van der Waals surface area contributed by atoms with Crippen LogP contribution in [0, 0.1) is 6.92 Å². The largest absolute Gasteiger partial charge is 0.321 e. The van der Waals surface area contributed by atoms with Gasteiger partial charge in [0.2, 0.25) is 0 Å². The highest BCUT2D eigenvalue weighted by Crippen LogP contribution is 2.37. The second-order valence-electron chi connectivity index (χ2n) is 6.06. The molecule has 2 aliphatic heterocycles. The molecule has 1 aromatic carbocycles. The van der Waals surface area contributed by atoms with Gasteiger partial charge in [-0.15, -0.1) is 0 Å². The van der Waals surface area contributed by atoms with Crippen LogP contribution in [0.2, 0.25) is 0 Å². The minimum absolute atomic E-state index is 0.0565. The summed E-state index contributed by atoms with van der Waals surface area (Å²) in [4.78, 5) is 6.99. The average Bonchev–Trinajstić information content (AvgIpc) is 2.92. The van der Waals surface area contributed by atoms with Gasteiger partial charge in [0.15, 0.2) is 15.0 Å². The molecule has 1 saturated heterocycles. The number of sulfone groups is 1. The quantitative estimate of drug-likeness (QED) is 0.847. The van der Waals surface area contributed by atoms with Crippen molar-refractivity contribution in [2.24, 2.45) is 4.99 Å². The predicted octanol–water partition coefficient (Wildman–Crippen LogP) is 2.87. The Morgan fingerprint density at radius 3 is 2.86 bits per heavy atom. The fraction of sp³-hybridized carbons (Fsp3) is 0.562. The normalized spacial score (nSPS) is 25.8. The Morgan fingerprint density at radius 2 is 2.18 bits per heavy atom. The molecule has 2 heterocycles. The summed E-state index contributed by atoms with van der Waals surface area (Å²) in [5, 5.41) is 1.10. The fourth-order valence-electron chi connectivity index (χ4n) is 2.92. The van der Waals surface area contributed by atoms with E-state index in [-0.39, 0.29) is 22.8 Å². The van der Waals surface area contributed by atoms with Crippen LogP contribution in [0.5, 0.6) is 0 Å². The van der Waals surface area contributed by atoms with Gasteiger partial charge >= 0.3 is 0 Å². The lowest BCUT2D eigenvalue weighted by Crippen LogP contribution is -2.29. The summed E-state index contributed by atoms with van der Waals surface area (Å²) in [6.07, 6.45) is 2.22. The lowest BCUT2D eigenvalue weighted by molar-refractivity contribution is 0.601. The first kappa shape index (κ1) is 15.9. The highest BCUT2D eigenvalue weighted by atomic mass is 32.2. The van der Waals surface area contributed by atoms with Crippen molar-refractivity contribution >= 4 is 32.5 Å². The van der Waals surface area contributed by atoms with Crippen molar-refractivity contribution in [3.8, 4) is 0 Å². The van der Waals surface area contributed by atoms with Crippen molar-refractivity contribution in [3.05, 3.63) is 29.8 Å².